The summed E-state index contributed by atoms with van der Waals surface area (Å²) in [6.45, 7) is 5.10. The highest BCUT2D eigenvalue weighted by Crippen LogP contribution is 2.47. The molecule has 208 valence electrons. The first-order valence-corrected chi connectivity index (χ1v) is 14.7. The van der Waals surface area contributed by atoms with Crippen LogP contribution in [0.1, 0.15) is 63.0 Å². The van der Waals surface area contributed by atoms with E-state index in [0.717, 1.165) is 12.8 Å². The maximum Gasteiger partial charge on any atom is 0.348 e. The highest BCUT2D eigenvalue weighted by Gasteiger charge is 2.57. The van der Waals surface area contributed by atoms with Gasteiger partial charge in [0.05, 0.1) is 37.7 Å². The summed E-state index contributed by atoms with van der Waals surface area (Å²) in [5.74, 6) is -1.14. The van der Waals surface area contributed by atoms with E-state index >= 15 is 0 Å². The number of hydrogen-bond acceptors (Lipinski definition) is 6. The second-order valence-electron chi connectivity index (χ2n) is 11.7. The molecule has 7 nitrogen and oxygen atoms in total. The molecule has 2 aromatic rings. The van der Waals surface area contributed by atoms with Crippen LogP contribution in [0.15, 0.2) is 60.7 Å². The largest absolute Gasteiger partial charge is 0.459 e. The van der Waals surface area contributed by atoms with Crippen LogP contribution in [0.25, 0.3) is 0 Å². The molecule has 4 atom stereocenters. The molecule has 0 N–H and O–H groups in total. The predicted molar refractivity (Wildman–Crippen MR) is 144 cm³/mol. The van der Waals surface area contributed by atoms with Crippen molar-refractivity contribution in [2.75, 3.05) is 26.3 Å². The number of ether oxygens (including phenoxy) is 4. The second kappa shape index (κ2) is 11.0. The summed E-state index contributed by atoms with van der Waals surface area (Å²) < 4.78 is 25.3. The van der Waals surface area contributed by atoms with E-state index in [0.29, 0.717) is 42.8 Å². The lowest BCUT2D eigenvalue weighted by Crippen LogP contribution is -2.60. The van der Waals surface area contributed by atoms with Crippen LogP contribution in [0.4, 0.5) is 0 Å². The zero-order chi connectivity index (χ0) is 26.9. The van der Waals surface area contributed by atoms with Crippen molar-refractivity contribution in [3.8, 4) is 0 Å². The minimum Gasteiger partial charge on any atom is -0.459 e. The van der Waals surface area contributed by atoms with Crippen LogP contribution in [-0.2, 0) is 34.1 Å². The molecule has 4 heterocycles. The third kappa shape index (κ3) is 4.90. The maximum absolute atomic E-state index is 14.4. The van der Waals surface area contributed by atoms with Crippen LogP contribution in [0, 0.1) is 5.92 Å². The van der Waals surface area contributed by atoms with E-state index in [1.807, 2.05) is 60.7 Å². The Labute approximate surface area is 231 Å². The van der Waals surface area contributed by atoms with E-state index in [1.54, 1.807) is 6.92 Å². The van der Waals surface area contributed by atoms with Gasteiger partial charge in [-0.3, -0.25) is 4.79 Å². The first-order chi connectivity index (χ1) is 19.0. The Kier molecular flexibility index (Phi) is 7.49. The summed E-state index contributed by atoms with van der Waals surface area (Å²) in [7, 11) is 0. The standard InChI is InChI=1S/C32H40NO6/c1-23(37-30(34)24-16-19-36-22-24)39-32(25-10-4-2-5-11-25,26-12-6-3-7-13-26)31(35)38-29-20-27-14-15-28(21-29)33(27)17-8-9-18-33/h2-7,10-13,23-24,27-29H,8-9,14-22H2,1H3/q+1/t23-,24?,27?,28?,29?/m1/s1. The summed E-state index contributed by atoms with van der Waals surface area (Å²) in [4.78, 5) is 27.2. The molecule has 0 aliphatic carbocycles. The quantitative estimate of drug-likeness (QED) is 0.277. The van der Waals surface area contributed by atoms with E-state index < -0.39 is 17.9 Å². The predicted octanol–water partition coefficient (Wildman–Crippen LogP) is 4.72. The van der Waals surface area contributed by atoms with Crippen LogP contribution in [-0.4, -0.2) is 67.2 Å². The average Bonchev–Trinajstić information content (AvgIpc) is 3.70. The van der Waals surface area contributed by atoms with Crippen LogP contribution in [0.5, 0.6) is 0 Å². The smallest absolute Gasteiger partial charge is 0.348 e. The number of hydrogen-bond donors (Lipinski definition) is 0. The van der Waals surface area contributed by atoms with Gasteiger partial charge in [0.2, 0.25) is 11.9 Å². The fraction of sp³-hybridized carbons (Fsp3) is 0.562. The van der Waals surface area contributed by atoms with Gasteiger partial charge in [-0.2, -0.15) is 0 Å². The Hall–Kier alpha value is -2.74. The molecule has 2 aromatic carbocycles. The van der Waals surface area contributed by atoms with Gasteiger partial charge in [0.25, 0.3) is 0 Å². The average molecular weight is 535 g/mol. The summed E-state index contributed by atoms with van der Waals surface area (Å²) in [6, 6.07) is 20.0. The molecule has 4 saturated heterocycles. The van der Waals surface area contributed by atoms with E-state index in [9.17, 15) is 9.59 Å². The van der Waals surface area contributed by atoms with Crippen molar-refractivity contribution in [3.05, 3.63) is 71.8 Å². The van der Waals surface area contributed by atoms with Gasteiger partial charge >= 0.3 is 11.9 Å². The molecule has 7 heteroatoms. The highest BCUT2D eigenvalue weighted by molar-refractivity contribution is 5.86. The van der Waals surface area contributed by atoms with Crippen molar-refractivity contribution in [2.45, 2.75) is 81.9 Å². The molecule has 2 bridgehead atoms. The minimum absolute atomic E-state index is 0.150. The third-order valence-corrected chi connectivity index (χ3v) is 9.57. The van der Waals surface area contributed by atoms with E-state index in [1.165, 1.54) is 43.3 Å². The number of esters is 2. The zero-order valence-electron chi connectivity index (χ0n) is 22.8. The maximum atomic E-state index is 14.4. The summed E-state index contributed by atoms with van der Waals surface area (Å²) in [5, 5.41) is 0. The third-order valence-electron chi connectivity index (χ3n) is 9.57. The molecule has 0 saturated carbocycles. The normalized spacial score (nSPS) is 28.3. The number of carbonyl (C=O) groups excluding carboxylic acids is 2. The number of carbonyl (C=O) groups is 2. The molecule has 39 heavy (non-hydrogen) atoms. The molecule has 0 aromatic heterocycles. The van der Waals surface area contributed by atoms with E-state index in [-0.39, 0.29) is 18.0 Å². The fourth-order valence-electron chi connectivity index (χ4n) is 7.73. The van der Waals surface area contributed by atoms with Gasteiger partial charge in [0.1, 0.15) is 6.10 Å². The minimum atomic E-state index is -1.58. The zero-order valence-corrected chi connectivity index (χ0v) is 22.8. The molecule has 1 spiro atoms. The van der Waals surface area contributed by atoms with Crippen molar-refractivity contribution in [3.63, 3.8) is 0 Å². The van der Waals surface area contributed by atoms with E-state index in [4.69, 9.17) is 18.9 Å². The molecular formula is C32H40NO6+. The SMILES string of the molecule is C[C@H](OC(=O)C1CCOC1)OC(C(=O)OC1CC2CCC(C1)[N+]21CCCC1)(c1ccccc1)c1ccccc1. The molecule has 4 aliphatic rings. The summed E-state index contributed by atoms with van der Waals surface area (Å²) >= 11 is 0. The topological polar surface area (TPSA) is 71.1 Å². The van der Waals surface area contributed by atoms with E-state index in [2.05, 4.69) is 0 Å². The second-order valence-corrected chi connectivity index (χ2v) is 11.7. The number of benzene rings is 2. The Morgan fingerprint density at radius 2 is 1.49 bits per heavy atom. The van der Waals surface area contributed by atoms with Gasteiger partial charge in [0, 0.05) is 45.1 Å². The van der Waals surface area contributed by atoms with Crippen molar-refractivity contribution < 1.29 is 33.0 Å². The molecule has 0 amide bonds. The number of quaternary nitrogens is 1. The van der Waals surface area contributed by atoms with Crippen molar-refractivity contribution in [1.29, 1.82) is 0 Å². The van der Waals surface area contributed by atoms with Crippen LogP contribution < -0.4 is 0 Å². The lowest BCUT2D eigenvalue weighted by molar-refractivity contribution is -0.956. The Morgan fingerprint density at radius 1 is 0.897 bits per heavy atom. The van der Waals surface area contributed by atoms with Gasteiger partial charge < -0.3 is 23.4 Å². The van der Waals surface area contributed by atoms with Crippen molar-refractivity contribution in [1.82, 2.24) is 0 Å². The lowest BCUT2D eigenvalue weighted by Gasteiger charge is -2.47. The molecule has 3 unspecified atom stereocenters. The van der Waals surface area contributed by atoms with Gasteiger partial charge in [-0.1, -0.05) is 60.7 Å². The first-order valence-electron chi connectivity index (χ1n) is 14.7. The van der Waals surface area contributed by atoms with Crippen molar-refractivity contribution in [2.24, 2.45) is 5.92 Å². The molecule has 0 radical (unpaired) electrons. The Balaban J connectivity index is 1.29. The van der Waals surface area contributed by atoms with Gasteiger partial charge in [-0.25, -0.2) is 4.79 Å². The number of rotatable bonds is 8. The van der Waals surface area contributed by atoms with Crippen LogP contribution in [0.2, 0.25) is 0 Å². The van der Waals surface area contributed by atoms with Gasteiger partial charge in [0.15, 0.2) is 0 Å². The first kappa shape index (κ1) is 26.5. The summed E-state index contributed by atoms with van der Waals surface area (Å²) in [5.41, 5.74) is -0.282. The molecule has 6 rings (SSSR count). The number of piperidine rings is 1. The van der Waals surface area contributed by atoms with Crippen LogP contribution >= 0.6 is 0 Å². The van der Waals surface area contributed by atoms with Gasteiger partial charge in [-0.15, -0.1) is 0 Å². The van der Waals surface area contributed by atoms with Crippen LogP contribution in [0.3, 0.4) is 0 Å². The Bertz CT molecular complexity index is 1090. The lowest BCUT2D eigenvalue weighted by atomic mass is 9.85. The Morgan fingerprint density at radius 3 is 2.03 bits per heavy atom. The van der Waals surface area contributed by atoms with Gasteiger partial charge in [-0.05, 0) is 24.5 Å². The fourth-order valence-corrected chi connectivity index (χ4v) is 7.73. The molecule has 4 aliphatic heterocycles. The van der Waals surface area contributed by atoms with Crippen molar-refractivity contribution >= 4 is 11.9 Å². The number of nitrogens with zero attached hydrogens (tertiary/aromatic N) is 1. The molecule has 4 fully saturated rings. The highest BCUT2D eigenvalue weighted by atomic mass is 16.7. The summed E-state index contributed by atoms with van der Waals surface area (Å²) in [6.07, 6.45) is 6.34. The monoisotopic (exact) mass is 534 g/mol. The molecular weight excluding hydrogens is 494 g/mol.